The van der Waals surface area contributed by atoms with Gasteiger partial charge in [-0.05, 0) is 37.3 Å². The first-order valence-electron chi connectivity index (χ1n) is 7.32. The first kappa shape index (κ1) is 15.9. The monoisotopic (exact) mass is 307 g/mol. The predicted octanol–water partition coefficient (Wildman–Crippen LogP) is 2.38. The molecule has 1 aromatic heterocycles. The number of para-hydroxylation sites is 1. The number of carbonyl (C=O) groups excluding carboxylic acids is 1. The molecule has 0 aliphatic heterocycles. The third-order valence-electron chi connectivity index (χ3n) is 4.21. The number of amides is 1. The molecular weight excluding hydrogens is 286 g/mol. The number of halogens is 1. The van der Waals surface area contributed by atoms with Crippen LogP contribution in [0.2, 0.25) is 0 Å². The van der Waals surface area contributed by atoms with E-state index in [0.29, 0.717) is 6.54 Å². The standard InChI is InChI=1S/C16H21N3O.ClH/c17-13-6-5-11(9-13)16(20)18-8-7-12-10-19-15-4-2-1-3-14(12)15;/h1-4,10-11,13,19H,5-9,17H2,(H,18,20);1H. The van der Waals surface area contributed by atoms with E-state index in [0.717, 1.165) is 31.2 Å². The van der Waals surface area contributed by atoms with Crippen molar-refractivity contribution in [1.29, 1.82) is 0 Å². The summed E-state index contributed by atoms with van der Waals surface area (Å²) in [6, 6.07) is 8.45. The fourth-order valence-corrected chi connectivity index (χ4v) is 3.06. The maximum Gasteiger partial charge on any atom is 0.223 e. The van der Waals surface area contributed by atoms with E-state index in [2.05, 4.69) is 22.4 Å². The van der Waals surface area contributed by atoms with E-state index >= 15 is 0 Å². The number of hydrogen-bond acceptors (Lipinski definition) is 2. The van der Waals surface area contributed by atoms with E-state index in [4.69, 9.17) is 5.73 Å². The number of benzene rings is 1. The van der Waals surface area contributed by atoms with Gasteiger partial charge in [-0.25, -0.2) is 0 Å². The van der Waals surface area contributed by atoms with Crippen molar-refractivity contribution in [2.75, 3.05) is 6.54 Å². The Kier molecular flexibility index (Phi) is 5.26. The van der Waals surface area contributed by atoms with Crippen molar-refractivity contribution in [1.82, 2.24) is 10.3 Å². The van der Waals surface area contributed by atoms with Gasteiger partial charge in [0.05, 0.1) is 0 Å². The average molecular weight is 308 g/mol. The molecule has 0 bridgehead atoms. The minimum Gasteiger partial charge on any atom is -0.361 e. The number of carbonyl (C=O) groups is 1. The predicted molar refractivity (Wildman–Crippen MR) is 87.6 cm³/mol. The van der Waals surface area contributed by atoms with Crippen LogP contribution in [0.5, 0.6) is 0 Å². The van der Waals surface area contributed by atoms with Gasteiger partial charge in [-0.2, -0.15) is 0 Å². The number of aromatic nitrogens is 1. The molecule has 5 heteroatoms. The minimum atomic E-state index is 0. The topological polar surface area (TPSA) is 70.9 Å². The van der Waals surface area contributed by atoms with E-state index < -0.39 is 0 Å². The van der Waals surface area contributed by atoms with Crippen molar-refractivity contribution in [3.05, 3.63) is 36.0 Å². The van der Waals surface area contributed by atoms with Crippen LogP contribution >= 0.6 is 12.4 Å². The lowest BCUT2D eigenvalue weighted by molar-refractivity contribution is -0.124. The van der Waals surface area contributed by atoms with Crippen LogP contribution in [0.1, 0.15) is 24.8 Å². The Morgan fingerprint density at radius 3 is 2.90 bits per heavy atom. The van der Waals surface area contributed by atoms with Gasteiger partial charge >= 0.3 is 0 Å². The second kappa shape index (κ2) is 6.96. The molecule has 2 unspecified atom stereocenters. The van der Waals surface area contributed by atoms with E-state index in [9.17, 15) is 4.79 Å². The lowest BCUT2D eigenvalue weighted by atomic mass is 10.1. The summed E-state index contributed by atoms with van der Waals surface area (Å²) < 4.78 is 0. The van der Waals surface area contributed by atoms with Gasteiger partial charge in [0.2, 0.25) is 5.91 Å². The zero-order chi connectivity index (χ0) is 13.9. The van der Waals surface area contributed by atoms with E-state index in [1.54, 1.807) is 0 Å². The Morgan fingerprint density at radius 1 is 1.33 bits per heavy atom. The molecule has 1 heterocycles. The summed E-state index contributed by atoms with van der Waals surface area (Å²) in [5.74, 6) is 0.283. The van der Waals surface area contributed by atoms with E-state index in [1.165, 1.54) is 10.9 Å². The summed E-state index contributed by atoms with van der Waals surface area (Å²) >= 11 is 0. The Balaban J connectivity index is 0.00000161. The number of hydrogen-bond donors (Lipinski definition) is 3. The zero-order valence-electron chi connectivity index (χ0n) is 12.0. The highest BCUT2D eigenvalue weighted by molar-refractivity contribution is 5.85. The summed E-state index contributed by atoms with van der Waals surface area (Å²) in [4.78, 5) is 15.3. The summed E-state index contributed by atoms with van der Waals surface area (Å²) in [6.45, 7) is 0.687. The van der Waals surface area contributed by atoms with Crippen molar-refractivity contribution < 1.29 is 4.79 Å². The molecule has 114 valence electrons. The molecule has 0 radical (unpaired) electrons. The SMILES string of the molecule is Cl.NC1CCC(C(=O)NCCc2c[nH]c3ccccc23)C1. The van der Waals surface area contributed by atoms with Crippen molar-refractivity contribution in [3.63, 3.8) is 0 Å². The van der Waals surface area contributed by atoms with E-state index in [1.807, 2.05) is 18.3 Å². The van der Waals surface area contributed by atoms with Gasteiger partial charge in [-0.3, -0.25) is 4.79 Å². The molecule has 1 amide bonds. The van der Waals surface area contributed by atoms with Crippen LogP contribution in [0.3, 0.4) is 0 Å². The first-order valence-corrected chi connectivity index (χ1v) is 7.32. The normalized spacial score (nSPS) is 21.2. The Labute approximate surface area is 130 Å². The number of nitrogens with one attached hydrogen (secondary N) is 2. The molecule has 1 saturated carbocycles. The molecule has 21 heavy (non-hydrogen) atoms. The van der Waals surface area contributed by atoms with Crippen molar-refractivity contribution >= 4 is 29.2 Å². The molecule has 1 aliphatic rings. The molecule has 1 aromatic carbocycles. The van der Waals surface area contributed by atoms with Crippen molar-refractivity contribution in [2.45, 2.75) is 31.7 Å². The van der Waals surface area contributed by atoms with Crippen LogP contribution < -0.4 is 11.1 Å². The zero-order valence-corrected chi connectivity index (χ0v) is 12.8. The second-order valence-electron chi connectivity index (χ2n) is 5.67. The Hall–Kier alpha value is -1.52. The number of fused-ring (bicyclic) bond motifs is 1. The molecule has 1 aliphatic carbocycles. The Morgan fingerprint density at radius 2 is 2.14 bits per heavy atom. The molecule has 2 aromatic rings. The van der Waals surface area contributed by atoms with Gasteiger partial charge in [0.1, 0.15) is 0 Å². The lowest BCUT2D eigenvalue weighted by Gasteiger charge is -2.10. The summed E-state index contributed by atoms with van der Waals surface area (Å²) in [5, 5.41) is 4.28. The second-order valence-corrected chi connectivity index (χ2v) is 5.67. The fourth-order valence-electron chi connectivity index (χ4n) is 3.06. The Bertz CT molecular complexity index is 610. The van der Waals surface area contributed by atoms with Crippen molar-refractivity contribution in [3.8, 4) is 0 Å². The number of nitrogens with two attached hydrogens (primary N) is 1. The quantitative estimate of drug-likeness (QED) is 0.811. The fraction of sp³-hybridized carbons (Fsp3) is 0.438. The summed E-state index contributed by atoms with van der Waals surface area (Å²) in [7, 11) is 0. The van der Waals surface area contributed by atoms with Crippen LogP contribution in [0.15, 0.2) is 30.5 Å². The van der Waals surface area contributed by atoms with Gasteiger partial charge < -0.3 is 16.0 Å². The maximum absolute atomic E-state index is 12.0. The van der Waals surface area contributed by atoms with Gasteiger partial charge in [0, 0.05) is 35.6 Å². The number of rotatable bonds is 4. The minimum absolute atomic E-state index is 0. The largest absolute Gasteiger partial charge is 0.361 e. The van der Waals surface area contributed by atoms with Gasteiger partial charge in [0.15, 0.2) is 0 Å². The van der Waals surface area contributed by atoms with Crippen LogP contribution in [-0.4, -0.2) is 23.5 Å². The smallest absolute Gasteiger partial charge is 0.223 e. The average Bonchev–Trinajstić information content (AvgIpc) is 3.06. The molecule has 3 rings (SSSR count). The summed E-state index contributed by atoms with van der Waals surface area (Å²) in [5.41, 5.74) is 8.25. The third kappa shape index (κ3) is 3.57. The molecular formula is C16H22ClN3O. The van der Waals surface area contributed by atoms with Crippen LogP contribution in [-0.2, 0) is 11.2 Å². The van der Waals surface area contributed by atoms with Crippen LogP contribution in [0.4, 0.5) is 0 Å². The van der Waals surface area contributed by atoms with Gasteiger partial charge in [-0.1, -0.05) is 18.2 Å². The maximum atomic E-state index is 12.0. The highest BCUT2D eigenvalue weighted by atomic mass is 35.5. The molecule has 0 spiro atoms. The summed E-state index contributed by atoms with van der Waals surface area (Å²) in [6.07, 6.45) is 5.62. The van der Waals surface area contributed by atoms with E-state index in [-0.39, 0.29) is 30.3 Å². The molecule has 1 fully saturated rings. The molecule has 2 atom stereocenters. The molecule has 4 N–H and O–H groups in total. The van der Waals surface area contributed by atoms with Crippen LogP contribution in [0.25, 0.3) is 10.9 Å². The molecule has 4 nitrogen and oxygen atoms in total. The molecule has 0 saturated heterocycles. The number of aromatic amines is 1. The van der Waals surface area contributed by atoms with Crippen LogP contribution in [0, 0.1) is 5.92 Å². The third-order valence-corrected chi connectivity index (χ3v) is 4.21. The number of H-pyrrole nitrogens is 1. The lowest BCUT2D eigenvalue weighted by Crippen LogP contribution is -2.31. The van der Waals surface area contributed by atoms with Gasteiger partial charge in [0.25, 0.3) is 0 Å². The highest BCUT2D eigenvalue weighted by Crippen LogP contribution is 2.24. The first-order chi connectivity index (χ1) is 9.74. The highest BCUT2D eigenvalue weighted by Gasteiger charge is 2.27. The van der Waals surface area contributed by atoms with Gasteiger partial charge in [-0.15, -0.1) is 12.4 Å². The van der Waals surface area contributed by atoms with Crippen molar-refractivity contribution in [2.24, 2.45) is 11.7 Å².